The van der Waals surface area contributed by atoms with E-state index in [0.717, 1.165) is 16.5 Å². The van der Waals surface area contributed by atoms with E-state index in [1.165, 1.54) is 0 Å². The van der Waals surface area contributed by atoms with E-state index in [-0.39, 0.29) is 17.9 Å². The summed E-state index contributed by atoms with van der Waals surface area (Å²) in [6.45, 7) is 4.63. The normalized spacial score (nSPS) is 12.1. The highest BCUT2D eigenvalue weighted by atomic mass is 35.5. The number of aliphatic carboxylic acids is 1. The van der Waals surface area contributed by atoms with Crippen molar-refractivity contribution in [3.8, 4) is 11.1 Å². The Kier molecular flexibility index (Phi) is 7.35. The third kappa shape index (κ3) is 5.51. The number of amides is 2. The fourth-order valence-electron chi connectivity index (χ4n) is 4.11. The number of carbonyl (C=O) groups excluding carboxylic acids is 2. The number of fused-ring (bicyclic) bond motifs is 2. The number of carboxylic acid groups (broad SMARTS) is 1. The molecule has 0 radical (unpaired) electrons. The number of furan rings is 1. The summed E-state index contributed by atoms with van der Waals surface area (Å²) < 4.78 is 11.2. The van der Waals surface area contributed by atoms with E-state index in [4.69, 9.17) is 20.4 Å². The number of nitrogens with one attached hydrogen (secondary N) is 2. The van der Waals surface area contributed by atoms with Gasteiger partial charge in [-0.3, -0.25) is 9.59 Å². The molecule has 0 spiro atoms. The van der Waals surface area contributed by atoms with Crippen LogP contribution in [0, 0.1) is 12.8 Å². The summed E-state index contributed by atoms with van der Waals surface area (Å²) in [6, 6.07) is 9.73. The zero-order valence-electron chi connectivity index (χ0n) is 20.4. The van der Waals surface area contributed by atoms with Gasteiger partial charge in [0.2, 0.25) is 11.8 Å². The lowest BCUT2D eigenvalue weighted by Crippen LogP contribution is -2.48. The summed E-state index contributed by atoms with van der Waals surface area (Å²) in [6.07, 6.45) is 1.31. The van der Waals surface area contributed by atoms with E-state index in [0.29, 0.717) is 27.1 Å². The predicted octanol–water partition coefficient (Wildman–Crippen LogP) is 4.05. The number of benzene rings is 2. The molecule has 0 saturated heterocycles. The number of halogens is 1. The Morgan fingerprint density at radius 2 is 1.73 bits per heavy atom. The molecule has 2 aromatic carbocycles. The van der Waals surface area contributed by atoms with Crippen molar-refractivity contribution in [2.75, 3.05) is 6.54 Å². The Bertz CT molecular complexity index is 1570. The van der Waals surface area contributed by atoms with E-state index < -0.39 is 36.0 Å². The van der Waals surface area contributed by atoms with Gasteiger partial charge in [-0.25, -0.2) is 9.59 Å². The van der Waals surface area contributed by atoms with Crippen molar-refractivity contribution in [2.24, 2.45) is 5.92 Å². The van der Waals surface area contributed by atoms with Gasteiger partial charge in [0, 0.05) is 27.4 Å². The molecule has 0 unspecified atom stereocenters. The molecule has 2 aromatic heterocycles. The van der Waals surface area contributed by atoms with Crippen molar-refractivity contribution in [1.82, 2.24) is 10.6 Å². The molecule has 0 aliphatic rings. The number of aryl methyl sites for hydroxylation is 1. The minimum Gasteiger partial charge on any atom is -0.480 e. The molecule has 37 heavy (non-hydrogen) atoms. The quantitative estimate of drug-likeness (QED) is 0.295. The number of carboxylic acids is 1. The van der Waals surface area contributed by atoms with Crippen LogP contribution >= 0.6 is 11.6 Å². The maximum atomic E-state index is 12.7. The second-order valence-electron chi connectivity index (χ2n) is 9.07. The van der Waals surface area contributed by atoms with E-state index in [9.17, 15) is 24.3 Å². The Morgan fingerprint density at radius 1 is 1.03 bits per heavy atom. The summed E-state index contributed by atoms with van der Waals surface area (Å²) in [7, 11) is 0. The highest BCUT2D eigenvalue weighted by molar-refractivity contribution is 6.30. The minimum absolute atomic E-state index is 0.159. The monoisotopic (exact) mass is 524 g/mol. The Balaban J connectivity index is 1.57. The third-order valence-corrected chi connectivity index (χ3v) is 6.42. The van der Waals surface area contributed by atoms with Crippen LogP contribution in [0.5, 0.6) is 0 Å². The molecule has 0 fully saturated rings. The molecule has 4 aromatic rings. The molecule has 3 N–H and O–H groups in total. The maximum Gasteiger partial charge on any atom is 0.340 e. The predicted molar refractivity (Wildman–Crippen MR) is 139 cm³/mol. The molecule has 10 heteroatoms. The van der Waals surface area contributed by atoms with E-state index in [1.54, 1.807) is 45.2 Å². The highest BCUT2D eigenvalue weighted by Crippen LogP contribution is 2.35. The fraction of sp³-hybridized carbons (Fsp3) is 0.259. The highest BCUT2D eigenvalue weighted by Gasteiger charge is 2.24. The van der Waals surface area contributed by atoms with Crippen LogP contribution in [-0.2, 0) is 20.8 Å². The van der Waals surface area contributed by atoms with Crippen LogP contribution < -0.4 is 16.3 Å². The Hall–Kier alpha value is -4.11. The van der Waals surface area contributed by atoms with Crippen molar-refractivity contribution < 1.29 is 28.3 Å². The largest absolute Gasteiger partial charge is 0.480 e. The number of carbonyl (C=O) groups is 3. The van der Waals surface area contributed by atoms with Gasteiger partial charge in [0.15, 0.2) is 0 Å². The van der Waals surface area contributed by atoms with Crippen LogP contribution in [0.1, 0.15) is 25.0 Å². The van der Waals surface area contributed by atoms with Crippen LogP contribution in [0.3, 0.4) is 0 Å². The first kappa shape index (κ1) is 26.0. The number of rotatable bonds is 8. The molecular weight excluding hydrogens is 500 g/mol. The lowest BCUT2D eigenvalue weighted by atomic mass is 9.99. The lowest BCUT2D eigenvalue weighted by Gasteiger charge is -2.18. The average Bonchev–Trinajstić information content (AvgIpc) is 3.25. The van der Waals surface area contributed by atoms with Crippen LogP contribution in [0.15, 0.2) is 56.3 Å². The Morgan fingerprint density at radius 3 is 2.38 bits per heavy atom. The zero-order valence-corrected chi connectivity index (χ0v) is 21.1. The second kappa shape index (κ2) is 10.5. The van der Waals surface area contributed by atoms with Gasteiger partial charge in [0.1, 0.15) is 17.2 Å². The minimum atomic E-state index is -1.16. The topological polar surface area (TPSA) is 139 Å². The zero-order chi connectivity index (χ0) is 26.9. The first-order chi connectivity index (χ1) is 17.5. The van der Waals surface area contributed by atoms with Crippen LogP contribution in [0.4, 0.5) is 0 Å². The third-order valence-electron chi connectivity index (χ3n) is 6.17. The summed E-state index contributed by atoms with van der Waals surface area (Å²) in [4.78, 5) is 48.6. The summed E-state index contributed by atoms with van der Waals surface area (Å²) in [5, 5.41) is 16.1. The SMILES string of the molecule is Cc1c(CC(=O)NCC(=O)N[C@H](C(=O)O)C(C)C)c(=O)oc2cc3occ(-c4ccc(Cl)cc4)c3cc12. The van der Waals surface area contributed by atoms with Crippen LogP contribution in [-0.4, -0.2) is 35.5 Å². The molecule has 0 aliphatic carbocycles. The number of hydrogen-bond acceptors (Lipinski definition) is 6. The summed E-state index contributed by atoms with van der Waals surface area (Å²) in [5.74, 6) is -2.71. The van der Waals surface area contributed by atoms with Crippen molar-refractivity contribution >= 4 is 51.3 Å². The average molecular weight is 525 g/mol. The van der Waals surface area contributed by atoms with Crippen molar-refractivity contribution in [3.63, 3.8) is 0 Å². The first-order valence-corrected chi connectivity index (χ1v) is 11.9. The smallest absolute Gasteiger partial charge is 0.340 e. The van der Waals surface area contributed by atoms with Crippen LogP contribution in [0.2, 0.25) is 5.02 Å². The molecule has 1 atom stereocenters. The molecule has 0 aliphatic heterocycles. The molecule has 0 saturated carbocycles. The van der Waals surface area contributed by atoms with E-state index in [2.05, 4.69) is 10.6 Å². The van der Waals surface area contributed by atoms with Gasteiger partial charge in [0.05, 0.1) is 24.8 Å². The van der Waals surface area contributed by atoms with Gasteiger partial charge in [-0.05, 0) is 42.2 Å². The van der Waals surface area contributed by atoms with Gasteiger partial charge in [0.25, 0.3) is 0 Å². The van der Waals surface area contributed by atoms with Crippen molar-refractivity contribution in [2.45, 2.75) is 33.2 Å². The molecule has 2 heterocycles. The Labute approximate surface area is 216 Å². The standard InChI is InChI=1S/C27H25ClN2O7/c1-13(2)25(26(33)34)30-24(32)11-29-23(31)9-18-14(3)17-8-19-20(15-4-6-16(28)7-5-15)12-36-21(19)10-22(17)37-27(18)35/h4-8,10,12-13,25H,9,11H2,1-3H3,(H,29,31)(H,30,32)(H,33,34)/t25-/m0/s1. The van der Waals surface area contributed by atoms with Gasteiger partial charge in [-0.2, -0.15) is 0 Å². The van der Waals surface area contributed by atoms with Gasteiger partial charge >= 0.3 is 11.6 Å². The summed E-state index contributed by atoms with van der Waals surface area (Å²) >= 11 is 6.01. The molecule has 0 bridgehead atoms. The van der Waals surface area contributed by atoms with Gasteiger partial charge in [-0.15, -0.1) is 0 Å². The molecular formula is C27H25ClN2O7. The molecule has 9 nitrogen and oxygen atoms in total. The fourth-order valence-corrected chi connectivity index (χ4v) is 4.23. The molecule has 192 valence electrons. The summed E-state index contributed by atoms with van der Waals surface area (Å²) in [5.41, 5.74) is 2.66. The van der Waals surface area contributed by atoms with Crippen LogP contribution in [0.25, 0.3) is 33.1 Å². The lowest BCUT2D eigenvalue weighted by molar-refractivity contribution is -0.143. The van der Waals surface area contributed by atoms with Crippen molar-refractivity contribution in [1.29, 1.82) is 0 Å². The number of hydrogen-bond donors (Lipinski definition) is 3. The van der Waals surface area contributed by atoms with Gasteiger partial charge < -0.3 is 24.6 Å². The van der Waals surface area contributed by atoms with Crippen molar-refractivity contribution in [3.05, 3.63) is 69.2 Å². The first-order valence-electron chi connectivity index (χ1n) is 11.6. The van der Waals surface area contributed by atoms with E-state index in [1.807, 2.05) is 18.2 Å². The molecule has 4 rings (SSSR count). The van der Waals surface area contributed by atoms with E-state index >= 15 is 0 Å². The second-order valence-corrected chi connectivity index (χ2v) is 9.51. The maximum absolute atomic E-state index is 12.7. The molecule has 2 amide bonds. The van der Waals surface area contributed by atoms with Gasteiger partial charge in [-0.1, -0.05) is 37.6 Å².